The van der Waals surface area contributed by atoms with Gasteiger partial charge < -0.3 is 4.74 Å². The zero-order valence-electron chi connectivity index (χ0n) is 10.3. The van der Waals surface area contributed by atoms with Crippen molar-refractivity contribution < 1.29 is 14.5 Å². The van der Waals surface area contributed by atoms with Crippen LogP contribution in [-0.2, 0) is 16.0 Å². The summed E-state index contributed by atoms with van der Waals surface area (Å²) in [7, 11) is 0. The monoisotopic (exact) mass is 260 g/mol. The third-order valence-electron chi connectivity index (χ3n) is 2.25. The molecule has 19 heavy (non-hydrogen) atoms. The van der Waals surface area contributed by atoms with Crippen LogP contribution in [-0.4, -0.2) is 17.0 Å². The van der Waals surface area contributed by atoms with Crippen molar-refractivity contribution in [2.75, 3.05) is 0 Å². The van der Waals surface area contributed by atoms with E-state index in [1.54, 1.807) is 13.0 Å². The molecule has 0 aliphatic heterocycles. The van der Waals surface area contributed by atoms with Gasteiger partial charge in [-0.15, -0.1) is 0 Å². The van der Waals surface area contributed by atoms with Gasteiger partial charge in [0.15, 0.2) is 0 Å². The van der Waals surface area contributed by atoms with Crippen molar-refractivity contribution in [2.45, 2.75) is 19.4 Å². The van der Waals surface area contributed by atoms with Gasteiger partial charge in [0.1, 0.15) is 6.07 Å². The molecule has 0 spiro atoms. The zero-order valence-corrected chi connectivity index (χ0v) is 10.3. The van der Waals surface area contributed by atoms with Crippen molar-refractivity contribution in [2.24, 2.45) is 0 Å². The van der Waals surface area contributed by atoms with Gasteiger partial charge in [-0.05, 0) is 18.6 Å². The van der Waals surface area contributed by atoms with Crippen LogP contribution >= 0.6 is 0 Å². The molecular formula is C13H12N2O4. The first-order chi connectivity index (χ1) is 9.06. The lowest BCUT2D eigenvalue weighted by Gasteiger charge is -2.06. The highest BCUT2D eigenvalue weighted by molar-refractivity contribution is 5.73. The summed E-state index contributed by atoms with van der Waals surface area (Å²) in [5, 5.41) is 19.2. The molecule has 0 aromatic heterocycles. The van der Waals surface area contributed by atoms with Crippen molar-refractivity contribution in [1.82, 2.24) is 0 Å². The number of allylic oxidation sites excluding steroid dienone is 1. The lowest BCUT2D eigenvalue weighted by Crippen LogP contribution is -2.16. The van der Waals surface area contributed by atoms with E-state index < -0.39 is 17.0 Å². The van der Waals surface area contributed by atoms with Gasteiger partial charge in [-0.2, -0.15) is 5.26 Å². The van der Waals surface area contributed by atoms with Crippen LogP contribution in [0.5, 0.6) is 0 Å². The highest BCUT2D eigenvalue weighted by Gasteiger charge is 2.12. The maximum atomic E-state index is 11.5. The molecule has 6 heteroatoms. The van der Waals surface area contributed by atoms with E-state index >= 15 is 0 Å². The molecule has 0 heterocycles. The Bertz CT molecular complexity index is 529. The molecule has 0 bridgehead atoms. The van der Waals surface area contributed by atoms with Crippen LogP contribution in [0.1, 0.15) is 12.5 Å². The second kappa shape index (κ2) is 6.91. The van der Waals surface area contributed by atoms with Crippen LogP contribution in [0.2, 0.25) is 0 Å². The number of hydrogen-bond donors (Lipinski definition) is 0. The van der Waals surface area contributed by atoms with E-state index in [4.69, 9.17) is 10.00 Å². The SMILES string of the molecule is C/C=C/[C@H](C#N)OC(=O)Cc1ccc([N+](=O)[O-])cc1. The van der Waals surface area contributed by atoms with Gasteiger partial charge in [0.2, 0.25) is 6.10 Å². The van der Waals surface area contributed by atoms with E-state index in [0.29, 0.717) is 5.56 Å². The predicted molar refractivity (Wildman–Crippen MR) is 67.1 cm³/mol. The first-order valence-electron chi connectivity index (χ1n) is 5.52. The summed E-state index contributed by atoms with van der Waals surface area (Å²) in [5.74, 6) is -0.557. The van der Waals surface area contributed by atoms with Gasteiger partial charge in [-0.25, -0.2) is 0 Å². The van der Waals surface area contributed by atoms with Gasteiger partial charge in [-0.3, -0.25) is 14.9 Å². The normalized spacial score (nSPS) is 11.8. The molecule has 1 aromatic rings. The molecule has 98 valence electrons. The van der Waals surface area contributed by atoms with Gasteiger partial charge in [0.25, 0.3) is 5.69 Å². The topological polar surface area (TPSA) is 93.2 Å². The lowest BCUT2D eigenvalue weighted by atomic mass is 10.1. The fraction of sp³-hybridized carbons (Fsp3) is 0.231. The zero-order chi connectivity index (χ0) is 14.3. The Morgan fingerprint density at radius 1 is 1.53 bits per heavy atom. The fourth-order valence-electron chi connectivity index (χ4n) is 1.37. The third-order valence-corrected chi connectivity index (χ3v) is 2.25. The largest absolute Gasteiger partial charge is 0.442 e. The number of carbonyl (C=O) groups excluding carboxylic acids is 1. The number of nitriles is 1. The summed E-state index contributed by atoms with van der Waals surface area (Å²) < 4.78 is 4.90. The molecule has 0 aliphatic rings. The summed E-state index contributed by atoms with van der Waals surface area (Å²) in [4.78, 5) is 21.5. The Balaban J connectivity index is 2.62. The fourth-order valence-corrected chi connectivity index (χ4v) is 1.37. The first kappa shape index (κ1) is 14.4. The number of esters is 1. The van der Waals surface area contributed by atoms with Gasteiger partial charge in [-0.1, -0.05) is 18.2 Å². The van der Waals surface area contributed by atoms with Crippen LogP contribution in [0.3, 0.4) is 0 Å². The van der Waals surface area contributed by atoms with Crippen molar-refractivity contribution in [3.05, 3.63) is 52.1 Å². The number of carbonyl (C=O) groups is 1. The minimum atomic E-state index is -0.907. The second-order valence-corrected chi connectivity index (χ2v) is 3.67. The van der Waals surface area contributed by atoms with Crippen LogP contribution in [0.15, 0.2) is 36.4 Å². The Hall–Kier alpha value is -2.68. The number of nitrogens with zero attached hydrogens (tertiary/aromatic N) is 2. The van der Waals surface area contributed by atoms with E-state index in [2.05, 4.69) is 0 Å². The van der Waals surface area contributed by atoms with Crippen LogP contribution < -0.4 is 0 Å². The van der Waals surface area contributed by atoms with Gasteiger partial charge in [0.05, 0.1) is 11.3 Å². The molecule has 0 saturated carbocycles. The highest BCUT2D eigenvalue weighted by atomic mass is 16.6. The van der Waals surface area contributed by atoms with E-state index in [-0.39, 0.29) is 12.1 Å². The molecule has 1 aromatic carbocycles. The molecule has 1 atom stereocenters. The van der Waals surface area contributed by atoms with Gasteiger partial charge >= 0.3 is 5.97 Å². The maximum absolute atomic E-state index is 11.5. The number of benzene rings is 1. The molecule has 6 nitrogen and oxygen atoms in total. The number of rotatable bonds is 5. The minimum absolute atomic E-state index is 0.0340. The molecule has 0 fully saturated rings. The van der Waals surface area contributed by atoms with Crippen LogP contribution in [0.25, 0.3) is 0 Å². The summed E-state index contributed by atoms with van der Waals surface area (Å²) in [6.45, 7) is 1.72. The van der Waals surface area contributed by atoms with Crippen molar-refractivity contribution >= 4 is 11.7 Å². The Kier molecular flexibility index (Phi) is 5.23. The second-order valence-electron chi connectivity index (χ2n) is 3.67. The number of non-ortho nitro benzene ring substituents is 1. The maximum Gasteiger partial charge on any atom is 0.311 e. The van der Waals surface area contributed by atoms with E-state index in [0.717, 1.165) is 0 Å². The number of nitro benzene ring substituents is 1. The number of hydrogen-bond acceptors (Lipinski definition) is 5. The Morgan fingerprint density at radius 2 is 2.16 bits per heavy atom. The quantitative estimate of drug-likeness (QED) is 0.350. The van der Waals surface area contributed by atoms with Crippen molar-refractivity contribution in [3.63, 3.8) is 0 Å². The van der Waals surface area contributed by atoms with E-state index in [1.165, 1.54) is 30.3 Å². The molecule has 0 unspecified atom stereocenters. The van der Waals surface area contributed by atoms with Gasteiger partial charge in [0, 0.05) is 12.1 Å². The minimum Gasteiger partial charge on any atom is -0.442 e. The van der Waals surface area contributed by atoms with E-state index in [9.17, 15) is 14.9 Å². The third kappa shape index (κ3) is 4.60. The van der Waals surface area contributed by atoms with Crippen molar-refractivity contribution in [3.8, 4) is 6.07 Å². The average molecular weight is 260 g/mol. The Labute approximate surface area is 110 Å². The van der Waals surface area contributed by atoms with Crippen molar-refractivity contribution in [1.29, 1.82) is 5.26 Å². The number of nitro groups is 1. The lowest BCUT2D eigenvalue weighted by molar-refractivity contribution is -0.384. The highest BCUT2D eigenvalue weighted by Crippen LogP contribution is 2.12. The molecule has 0 amide bonds. The van der Waals surface area contributed by atoms with Crippen LogP contribution in [0.4, 0.5) is 5.69 Å². The average Bonchev–Trinajstić information content (AvgIpc) is 2.38. The van der Waals surface area contributed by atoms with E-state index in [1.807, 2.05) is 6.07 Å². The first-order valence-corrected chi connectivity index (χ1v) is 5.52. The summed E-state index contributed by atoms with van der Waals surface area (Å²) >= 11 is 0. The molecule has 0 N–H and O–H groups in total. The summed E-state index contributed by atoms with van der Waals surface area (Å²) in [5.41, 5.74) is 0.550. The standard InChI is InChI=1S/C13H12N2O4/c1-2-3-12(9-14)19-13(16)8-10-4-6-11(7-5-10)15(17)18/h2-7,12H,8H2,1H3/b3-2+/t12-/m1/s1. The summed E-state index contributed by atoms with van der Waals surface area (Å²) in [6.07, 6.45) is 2.14. The predicted octanol–water partition coefficient (Wildman–Crippen LogP) is 2.15. The molecule has 0 aliphatic carbocycles. The Morgan fingerprint density at radius 3 is 2.63 bits per heavy atom. The molecule has 0 radical (unpaired) electrons. The van der Waals surface area contributed by atoms with Crippen LogP contribution in [0, 0.1) is 21.4 Å². The summed E-state index contributed by atoms with van der Waals surface area (Å²) in [6, 6.07) is 7.42. The smallest absolute Gasteiger partial charge is 0.311 e. The number of ether oxygens (including phenoxy) is 1. The molecular weight excluding hydrogens is 248 g/mol. The molecule has 0 saturated heterocycles. The molecule has 1 rings (SSSR count).